The summed E-state index contributed by atoms with van der Waals surface area (Å²) >= 11 is 15.3. The van der Waals surface area contributed by atoms with Gasteiger partial charge in [-0.15, -0.1) is 0 Å². The second-order valence-electron chi connectivity index (χ2n) is 3.69. The van der Waals surface area contributed by atoms with Crippen LogP contribution in [-0.4, -0.2) is 17.2 Å². The predicted molar refractivity (Wildman–Crippen MR) is 67.5 cm³/mol. The minimum Gasteiger partial charge on any atom is -0.496 e. The maximum absolute atomic E-state index is 11.3. The van der Waals surface area contributed by atoms with Crippen molar-refractivity contribution in [1.82, 2.24) is 0 Å². The van der Waals surface area contributed by atoms with Crippen molar-refractivity contribution in [3.63, 3.8) is 0 Å². The van der Waals surface area contributed by atoms with E-state index in [-0.39, 0.29) is 11.7 Å². The second-order valence-corrected chi connectivity index (χ2v) is 5.99. The van der Waals surface area contributed by atoms with Crippen molar-refractivity contribution in [1.29, 1.82) is 0 Å². The fourth-order valence-electron chi connectivity index (χ4n) is 1.79. The predicted octanol–water partition coefficient (Wildman–Crippen LogP) is 3.69. The average molecular weight is 324 g/mol. The first kappa shape index (κ1) is 12.2. The van der Waals surface area contributed by atoms with Crippen LogP contribution in [0.25, 0.3) is 0 Å². The SMILES string of the molecule is COc1cc(Br)ccc1C1CC(=O)C1(Cl)Cl. The first-order valence-corrected chi connectivity index (χ1v) is 6.26. The van der Waals surface area contributed by atoms with E-state index in [4.69, 9.17) is 27.9 Å². The third kappa shape index (κ3) is 1.85. The third-order valence-electron chi connectivity index (χ3n) is 2.77. The second kappa shape index (κ2) is 4.21. The highest BCUT2D eigenvalue weighted by atomic mass is 79.9. The van der Waals surface area contributed by atoms with E-state index in [2.05, 4.69) is 15.9 Å². The Morgan fingerprint density at radius 1 is 1.50 bits per heavy atom. The number of ketones is 1. The highest BCUT2D eigenvalue weighted by Crippen LogP contribution is 2.52. The number of carbonyl (C=O) groups excluding carboxylic acids is 1. The van der Waals surface area contributed by atoms with Crippen LogP contribution in [-0.2, 0) is 4.79 Å². The molecule has 1 aliphatic rings. The smallest absolute Gasteiger partial charge is 0.183 e. The molecule has 1 saturated carbocycles. The topological polar surface area (TPSA) is 26.3 Å². The lowest BCUT2D eigenvalue weighted by atomic mass is 9.77. The number of benzene rings is 1. The zero-order valence-corrected chi connectivity index (χ0v) is 11.6. The normalized spacial score (nSPS) is 22.8. The van der Waals surface area contributed by atoms with Crippen molar-refractivity contribution >= 4 is 44.9 Å². The van der Waals surface area contributed by atoms with Crippen LogP contribution in [0.2, 0.25) is 0 Å². The minimum atomic E-state index is -1.30. The van der Waals surface area contributed by atoms with E-state index in [0.717, 1.165) is 10.0 Å². The van der Waals surface area contributed by atoms with Gasteiger partial charge in [-0.05, 0) is 12.1 Å². The number of methoxy groups -OCH3 is 1. The molecule has 1 fully saturated rings. The van der Waals surface area contributed by atoms with E-state index in [1.807, 2.05) is 18.2 Å². The van der Waals surface area contributed by atoms with Crippen LogP contribution < -0.4 is 4.74 Å². The molecule has 2 rings (SSSR count). The van der Waals surface area contributed by atoms with Gasteiger partial charge in [0.1, 0.15) is 5.75 Å². The summed E-state index contributed by atoms with van der Waals surface area (Å²) in [5, 5.41) is 0. The van der Waals surface area contributed by atoms with Crippen LogP contribution >= 0.6 is 39.1 Å². The van der Waals surface area contributed by atoms with Crippen molar-refractivity contribution in [3.05, 3.63) is 28.2 Å². The molecule has 0 saturated heterocycles. The number of hydrogen-bond acceptors (Lipinski definition) is 2. The molecular formula is C11H9BrCl2O2. The Balaban J connectivity index is 2.39. The van der Waals surface area contributed by atoms with Crippen LogP contribution in [0, 0.1) is 0 Å². The Labute approximate surface area is 112 Å². The van der Waals surface area contributed by atoms with E-state index in [1.54, 1.807) is 7.11 Å². The number of halogens is 3. The molecule has 16 heavy (non-hydrogen) atoms. The quantitative estimate of drug-likeness (QED) is 0.776. The molecule has 0 bridgehead atoms. The Morgan fingerprint density at radius 2 is 2.19 bits per heavy atom. The third-order valence-corrected chi connectivity index (χ3v) is 4.21. The van der Waals surface area contributed by atoms with Crippen LogP contribution in [0.3, 0.4) is 0 Å². The van der Waals surface area contributed by atoms with E-state index in [1.165, 1.54) is 0 Å². The molecule has 0 amide bonds. The molecule has 1 atom stereocenters. The first-order chi connectivity index (χ1) is 7.46. The Bertz CT molecular complexity index is 446. The standard InChI is InChI=1S/C11H9BrCl2O2/c1-16-9-4-6(12)2-3-7(9)8-5-10(15)11(8,13)14/h2-4,8H,5H2,1H3. The average Bonchev–Trinajstić information content (AvgIpc) is 2.26. The molecule has 1 aromatic rings. The van der Waals surface area contributed by atoms with Gasteiger partial charge in [-0.2, -0.15) is 0 Å². The summed E-state index contributed by atoms with van der Waals surface area (Å²) in [6, 6.07) is 5.59. The molecule has 1 aliphatic carbocycles. The lowest BCUT2D eigenvalue weighted by Gasteiger charge is -2.38. The number of alkyl halides is 2. The van der Waals surface area contributed by atoms with Gasteiger partial charge in [0.2, 0.25) is 0 Å². The molecular weight excluding hydrogens is 315 g/mol. The molecule has 1 unspecified atom stereocenters. The molecule has 86 valence electrons. The Hall–Kier alpha value is -0.250. The maximum Gasteiger partial charge on any atom is 0.183 e. The summed E-state index contributed by atoms with van der Waals surface area (Å²) in [6.45, 7) is 0. The molecule has 0 spiro atoms. The largest absolute Gasteiger partial charge is 0.496 e. The monoisotopic (exact) mass is 322 g/mol. The number of Topliss-reactive ketones (excluding diaryl/α,β-unsaturated/α-hetero) is 1. The minimum absolute atomic E-state index is 0.134. The van der Waals surface area contributed by atoms with Gasteiger partial charge >= 0.3 is 0 Å². The highest BCUT2D eigenvalue weighted by Gasteiger charge is 2.53. The highest BCUT2D eigenvalue weighted by molar-refractivity contribution is 9.10. The molecule has 0 radical (unpaired) electrons. The van der Waals surface area contributed by atoms with Gasteiger partial charge in [0.15, 0.2) is 10.1 Å². The van der Waals surface area contributed by atoms with Crippen molar-refractivity contribution < 1.29 is 9.53 Å². The fourth-order valence-corrected chi connectivity index (χ4v) is 2.67. The maximum atomic E-state index is 11.3. The van der Waals surface area contributed by atoms with Crippen LogP contribution in [0.4, 0.5) is 0 Å². The van der Waals surface area contributed by atoms with Crippen molar-refractivity contribution in [3.8, 4) is 5.75 Å². The summed E-state index contributed by atoms with van der Waals surface area (Å²) in [5.41, 5.74) is 0.871. The van der Waals surface area contributed by atoms with E-state index in [0.29, 0.717) is 12.2 Å². The number of hydrogen-bond donors (Lipinski definition) is 0. The summed E-state index contributed by atoms with van der Waals surface area (Å²) in [5.74, 6) is 0.370. The van der Waals surface area contributed by atoms with Crippen molar-refractivity contribution in [2.24, 2.45) is 0 Å². The Kier molecular flexibility index (Phi) is 3.21. The summed E-state index contributed by atoms with van der Waals surface area (Å²) in [6.07, 6.45) is 0.366. The molecule has 0 aromatic heterocycles. The molecule has 5 heteroatoms. The molecule has 0 heterocycles. The van der Waals surface area contributed by atoms with E-state index >= 15 is 0 Å². The van der Waals surface area contributed by atoms with Crippen molar-refractivity contribution in [2.45, 2.75) is 16.7 Å². The van der Waals surface area contributed by atoms with Gasteiger partial charge in [0.25, 0.3) is 0 Å². The molecule has 0 aliphatic heterocycles. The van der Waals surface area contributed by atoms with Gasteiger partial charge in [-0.1, -0.05) is 45.2 Å². The van der Waals surface area contributed by atoms with Gasteiger partial charge in [-0.25, -0.2) is 0 Å². The lowest BCUT2D eigenvalue weighted by Crippen LogP contribution is -2.45. The zero-order chi connectivity index (χ0) is 11.9. The van der Waals surface area contributed by atoms with E-state index in [9.17, 15) is 4.79 Å². The van der Waals surface area contributed by atoms with Gasteiger partial charge < -0.3 is 4.74 Å². The molecule has 0 N–H and O–H groups in total. The van der Waals surface area contributed by atoms with Crippen LogP contribution in [0.5, 0.6) is 5.75 Å². The first-order valence-electron chi connectivity index (χ1n) is 4.71. The van der Waals surface area contributed by atoms with Gasteiger partial charge in [0.05, 0.1) is 7.11 Å². The molecule has 2 nitrogen and oxygen atoms in total. The zero-order valence-electron chi connectivity index (χ0n) is 8.47. The molecule has 1 aromatic carbocycles. The van der Waals surface area contributed by atoms with Crippen LogP contribution in [0.1, 0.15) is 17.9 Å². The van der Waals surface area contributed by atoms with Crippen molar-refractivity contribution in [2.75, 3.05) is 7.11 Å². The number of carbonyl (C=O) groups is 1. The number of ether oxygens (including phenoxy) is 1. The van der Waals surface area contributed by atoms with Gasteiger partial charge in [0, 0.05) is 22.4 Å². The summed E-state index contributed by atoms with van der Waals surface area (Å²) in [7, 11) is 1.58. The van der Waals surface area contributed by atoms with Crippen LogP contribution in [0.15, 0.2) is 22.7 Å². The van der Waals surface area contributed by atoms with Gasteiger partial charge in [-0.3, -0.25) is 4.79 Å². The Morgan fingerprint density at radius 3 is 2.69 bits per heavy atom. The fraction of sp³-hybridized carbons (Fsp3) is 0.364. The lowest BCUT2D eigenvalue weighted by molar-refractivity contribution is -0.125. The van der Waals surface area contributed by atoms with E-state index < -0.39 is 4.33 Å². The summed E-state index contributed by atoms with van der Waals surface area (Å²) < 4.78 is 4.86. The summed E-state index contributed by atoms with van der Waals surface area (Å²) in [4.78, 5) is 11.3. The number of rotatable bonds is 2.